The molecule has 0 bridgehead atoms. The fraction of sp³-hybridized carbons (Fsp3) is 0.462. The summed E-state index contributed by atoms with van der Waals surface area (Å²) in [6.45, 7) is 1.08. The second-order valence-corrected chi connectivity index (χ2v) is 10.6. The fourth-order valence-electron chi connectivity index (χ4n) is 5.20. The summed E-state index contributed by atoms with van der Waals surface area (Å²) in [5.41, 5.74) is 1.52. The summed E-state index contributed by atoms with van der Waals surface area (Å²) < 4.78 is 0. The number of aliphatic hydroxyl groups is 1. The molecule has 1 saturated heterocycles. The van der Waals surface area contributed by atoms with E-state index in [0.29, 0.717) is 65.8 Å². The molecule has 0 spiro atoms. The van der Waals surface area contributed by atoms with Gasteiger partial charge in [-0.15, -0.1) is 0 Å². The van der Waals surface area contributed by atoms with Crippen LogP contribution in [0.1, 0.15) is 53.9 Å². The van der Waals surface area contributed by atoms with Gasteiger partial charge in [-0.25, -0.2) is 0 Å². The van der Waals surface area contributed by atoms with Gasteiger partial charge in [-0.3, -0.25) is 9.59 Å². The van der Waals surface area contributed by atoms with Crippen molar-refractivity contribution >= 4 is 46.6 Å². The Labute approximate surface area is 215 Å². The number of carbonyl (C=O) groups is 2. The Hall–Kier alpha value is -1.79. The predicted octanol–water partition coefficient (Wildman–Crippen LogP) is 5.65. The highest BCUT2D eigenvalue weighted by molar-refractivity contribution is 6.42. The van der Waals surface area contributed by atoms with Gasteiger partial charge in [-0.1, -0.05) is 40.9 Å². The molecule has 1 N–H and O–H groups in total. The first-order valence-electron chi connectivity index (χ1n) is 11.7. The number of nitrogens with zero attached hydrogens (tertiary/aromatic N) is 2. The summed E-state index contributed by atoms with van der Waals surface area (Å²) in [5.74, 6) is -0.111. The van der Waals surface area contributed by atoms with Crippen LogP contribution in [0.2, 0.25) is 15.1 Å². The lowest BCUT2D eigenvalue weighted by Gasteiger charge is -2.44. The van der Waals surface area contributed by atoms with Crippen LogP contribution in [0.3, 0.4) is 0 Å². The summed E-state index contributed by atoms with van der Waals surface area (Å²) in [5, 5.41) is 11.3. The summed E-state index contributed by atoms with van der Waals surface area (Å²) in [6.07, 6.45) is 3.12. The molecule has 0 unspecified atom stereocenters. The van der Waals surface area contributed by atoms with Gasteiger partial charge in [0.1, 0.15) is 0 Å². The van der Waals surface area contributed by atoms with Crippen LogP contribution in [0.5, 0.6) is 0 Å². The molecule has 182 valence electrons. The van der Waals surface area contributed by atoms with Gasteiger partial charge in [-0.05, 0) is 74.1 Å². The van der Waals surface area contributed by atoms with Crippen molar-refractivity contribution in [3.63, 3.8) is 0 Å². The molecule has 0 radical (unpaired) electrons. The predicted molar refractivity (Wildman–Crippen MR) is 136 cm³/mol. The van der Waals surface area contributed by atoms with Crippen molar-refractivity contribution in [1.29, 1.82) is 0 Å². The van der Waals surface area contributed by atoms with Crippen molar-refractivity contribution in [2.75, 3.05) is 20.1 Å². The average Bonchev–Trinajstić information content (AvgIpc) is 2.85. The quantitative estimate of drug-likeness (QED) is 0.563. The standard InChI is InChI=1S/C26H29Cl3N2O3/c1-30(25(33)16-2-7-19(27)8-3-16)24-12-13-31(26(34)17-4-9-20(32)10-5-17)15-21(24)18-6-11-22(28)23(29)14-18/h2-3,6-8,11,14,17,20-21,24,32H,4-5,9-10,12-13,15H2,1H3/t17?,20?,21-,24+/m0/s1. The Morgan fingerprint density at radius 2 is 1.62 bits per heavy atom. The SMILES string of the molecule is CN(C(=O)c1ccc(Cl)cc1)[C@@H]1CCN(C(=O)C2CCC(O)CC2)C[C@H]1c1ccc(Cl)c(Cl)c1. The number of benzene rings is 2. The molecule has 1 saturated carbocycles. The van der Waals surface area contributed by atoms with Crippen LogP contribution in [-0.2, 0) is 4.79 Å². The third kappa shape index (κ3) is 5.54. The lowest BCUT2D eigenvalue weighted by Crippen LogP contribution is -2.53. The molecule has 2 fully saturated rings. The van der Waals surface area contributed by atoms with Gasteiger partial charge in [0.25, 0.3) is 5.91 Å². The highest BCUT2D eigenvalue weighted by Gasteiger charge is 2.39. The molecule has 34 heavy (non-hydrogen) atoms. The monoisotopic (exact) mass is 522 g/mol. The number of halogens is 3. The van der Waals surface area contributed by atoms with Crippen LogP contribution in [0.15, 0.2) is 42.5 Å². The molecule has 2 atom stereocenters. The van der Waals surface area contributed by atoms with E-state index in [1.165, 1.54) is 0 Å². The van der Waals surface area contributed by atoms with Gasteiger partial charge in [0, 0.05) is 48.6 Å². The molecule has 2 aliphatic rings. The number of hydrogen-bond acceptors (Lipinski definition) is 3. The van der Waals surface area contributed by atoms with Crippen molar-refractivity contribution in [1.82, 2.24) is 9.80 Å². The maximum Gasteiger partial charge on any atom is 0.253 e. The first-order chi connectivity index (χ1) is 16.2. The van der Waals surface area contributed by atoms with Crippen molar-refractivity contribution in [3.05, 3.63) is 68.7 Å². The number of likely N-dealkylation sites (N-methyl/N-ethyl adjacent to an activating group) is 1. The van der Waals surface area contributed by atoms with E-state index < -0.39 is 0 Å². The van der Waals surface area contributed by atoms with Gasteiger partial charge in [0.15, 0.2) is 0 Å². The zero-order chi connectivity index (χ0) is 24.4. The van der Waals surface area contributed by atoms with Crippen LogP contribution in [-0.4, -0.2) is 59.0 Å². The topological polar surface area (TPSA) is 60.9 Å². The molecular weight excluding hydrogens is 495 g/mol. The van der Waals surface area contributed by atoms with Crippen molar-refractivity contribution in [2.45, 2.75) is 50.2 Å². The maximum absolute atomic E-state index is 13.3. The first-order valence-corrected chi connectivity index (χ1v) is 12.8. The number of hydrogen-bond donors (Lipinski definition) is 1. The molecule has 5 nitrogen and oxygen atoms in total. The summed E-state index contributed by atoms with van der Waals surface area (Å²) in [4.78, 5) is 30.3. The largest absolute Gasteiger partial charge is 0.393 e. The number of carbonyl (C=O) groups excluding carboxylic acids is 2. The van der Waals surface area contributed by atoms with Crippen LogP contribution < -0.4 is 0 Å². The van der Waals surface area contributed by atoms with Crippen molar-refractivity contribution in [3.8, 4) is 0 Å². The third-order valence-electron chi connectivity index (χ3n) is 7.21. The second-order valence-electron chi connectivity index (χ2n) is 9.35. The Morgan fingerprint density at radius 1 is 0.941 bits per heavy atom. The second kappa shape index (κ2) is 10.9. The lowest BCUT2D eigenvalue weighted by molar-refractivity contribution is -0.139. The number of piperidine rings is 1. The molecule has 2 aromatic rings. The molecule has 4 rings (SSSR count). The average molecular weight is 524 g/mol. The Balaban J connectivity index is 1.58. The number of likely N-dealkylation sites (tertiary alicyclic amines) is 1. The zero-order valence-corrected chi connectivity index (χ0v) is 21.4. The molecule has 2 aromatic carbocycles. The molecule has 1 aliphatic heterocycles. The summed E-state index contributed by atoms with van der Waals surface area (Å²) in [6, 6.07) is 12.3. The van der Waals surface area contributed by atoms with Gasteiger partial charge >= 0.3 is 0 Å². The van der Waals surface area contributed by atoms with E-state index in [1.807, 2.05) is 24.1 Å². The Bertz CT molecular complexity index is 1040. The Morgan fingerprint density at radius 3 is 2.26 bits per heavy atom. The fourth-order valence-corrected chi connectivity index (χ4v) is 5.63. The smallest absolute Gasteiger partial charge is 0.253 e. The van der Waals surface area contributed by atoms with E-state index in [-0.39, 0.29) is 35.8 Å². The van der Waals surface area contributed by atoms with Crippen molar-refractivity contribution < 1.29 is 14.7 Å². The van der Waals surface area contributed by atoms with E-state index >= 15 is 0 Å². The zero-order valence-electron chi connectivity index (χ0n) is 19.1. The highest BCUT2D eigenvalue weighted by atomic mass is 35.5. The summed E-state index contributed by atoms with van der Waals surface area (Å²) >= 11 is 18.5. The first kappa shape index (κ1) is 25.3. The van der Waals surface area contributed by atoms with Gasteiger partial charge in [0.2, 0.25) is 5.91 Å². The van der Waals surface area contributed by atoms with Crippen molar-refractivity contribution in [2.24, 2.45) is 5.92 Å². The van der Waals surface area contributed by atoms with Gasteiger partial charge in [0.05, 0.1) is 16.1 Å². The van der Waals surface area contributed by atoms with Gasteiger partial charge in [-0.2, -0.15) is 0 Å². The molecule has 2 amide bonds. The van der Waals surface area contributed by atoms with E-state index in [0.717, 1.165) is 5.56 Å². The van der Waals surface area contributed by atoms with Crippen LogP contribution in [0, 0.1) is 5.92 Å². The van der Waals surface area contributed by atoms with Crippen LogP contribution in [0.25, 0.3) is 0 Å². The summed E-state index contributed by atoms with van der Waals surface area (Å²) in [7, 11) is 1.81. The normalized spacial score (nSPS) is 25.1. The van der Waals surface area contributed by atoms with E-state index in [4.69, 9.17) is 34.8 Å². The minimum absolute atomic E-state index is 0.0529. The van der Waals surface area contributed by atoms with E-state index in [2.05, 4.69) is 0 Å². The Kier molecular flexibility index (Phi) is 8.08. The molecule has 1 aliphatic carbocycles. The molecular formula is C26H29Cl3N2O3. The number of rotatable bonds is 4. The lowest BCUT2D eigenvalue weighted by atomic mass is 9.82. The van der Waals surface area contributed by atoms with E-state index in [1.54, 1.807) is 35.2 Å². The van der Waals surface area contributed by atoms with Crippen LogP contribution >= 0.6 is 34.8 Å². The minimum atomic E-state index is -0.300. The van der Waals surface area contributed by atoms with Gasteiger partial charge < -0.3 is 14.9 Å². The van der Waals surface area contributed by atoms with E-state index in [9.17, 15) is 14.7 Å². The highest BCUT2D eigenvalue weighted by Crippen LogP contribution is 2.36. The number of amides is 2. The number of aliphatic hydroxyl groups excluding tert-OH is 1. The third-order valence-corrected chi connectivity index (χ3v) is 8.21. The molecule has 1 heterocycles. The van der Waals surface area contributed by atoms with Crippen LogP contribution in [0.4, 0.5) is 0 Å². The molecule has 0 aromatic heterocycles. The molecule has 8 heteroatoms. The minimum Gasteiger partial charge on any atom is -0.393 e. The maximum atomic E-state index is 13.3.